The van der Waals surface area contributed by atoms with Gasteiger partial charge in [-0.25, -0.2) is 20.0 Å². The summed E-state index contributed by atoms with van der Waals surface area (Å²) >= 11 is 1.22. The molecule has 194 valence electrons. The van der Waals surface area contributed by atoms with Crippen LogP contribution in [0.1, 0.15) is 45.1 Å². The third kappa shape index (κ3) is 6.95. The first-order chi connectivity index (χ1) is 16.4. The number of fused-ring (bicyclic) bond motifs is 1. The Labute approximate surface area is 207 Å². The van der Waals surface area contributed by atoms with E-state index >= 15 is 0 Å². The summed E-state index contributed by atoms with van der Waals surface area (Å²) in [6.45, 7) is 11.5. The van der Waals surface area contributed by atoms with Crippen LogP contribution in [0.15, 0.2) is 21.9 Å². The van der Waals surface area contributed by atoms with Gasteiger partial charge in [0.05, 0.1) is 38.0 Å². The minimum atomic E-state index is -0.806. The van der Waals surface area contributed by atoms with Crippen molar-refractivity contribution in [3.8, 4) is 0 Å². The van der Waals surface area contributed by atoms with Crippen LogP contribution in [0.5, 0.6) is 0 Å². The zero-order valence-corrected chi connectivity index (χ0v) is 22.1. The summed E-state index contributed by atoms with van der Waals surface area (Å²) in [6, 6.07) is 0. The Bertz CT molecular complexity index is 1200. The SMILES string of the molecule is CCOC=CC(=O)N(Cc1sc2c(c1C)c(=O)n(CC)c(=O)n2CCOC)NC(=O)OC(C)(C)C. The Balaban J connectivity index is 2.56. The molecule has 0 aromatic carbocycles. The first-order valence-electron chi connectivity index (χ1n) is 11.3. The maximum absolute atomic E-state index is 13.1. The van der Waals surface area contributed by atoms with Crippen LogP contribution in [0.2, 0.25) is 0 Å². The fourth-order valence-electron chi connectivity index (χ4n) is 3.27. The number of ether oxygens (including phenoxy) is 3. The van der Waals surface area contributed by atoms with Gasteiger partial charge >= 0.3 is 11.8 Å². The predicted octanol–water partition coefficient (Wildman–Crippen LogP) is 2.52. The van der Waals surface area contributed by atoms with E-state index in [1.54, 1.807) is 41.5 Å². The van der Waals surface area contributed by atoms with Gasteiger partial charge in [0.1, 0.15) is 10.4 Å². The normalized spacial score (nSPS) is 11.7. The number of nitrogens with zero attached hydrogens (tertiary/aromatic N) is 3. The van der Waals surface area contributed by atoms with E-state index in [0.29, 0.717) is 27.3 Å². The third-order valence-electron chi connectivity index (χ3n) is 4.89. The highest BCUT2D eigenvalue weighted by atomic mass is 32.1. The number of aryl methyl sites for hydroxylation is 1. The van der Waals surface area contributed by atoms with Gasteiger partial charge in [-0.05, 0) is 47.1 Å². The van der Waals surface area contributed by atoms with Gasteiger partial charge < -0.3 is 14.2 Å². The van der Waals surface area contributed by atoms with Crippen LogP contribution in [0, 0.1) is 6.92 Å². The molecule has 35 heavy (non-hydrogen) atoms. The second kappa shape index (κ2) is 12.0. The Kier molecular flexibility index (Phi) is 9.66. The van der Waals surface area contributed by atoms with Crippen molar-refractivity contribution in [3.05, 3.63) is 43.6 Å². The summed E-state index contributed by atoms with van der Waals surface area (Å²) in [5, 5.41) is 1.48. The van der Waals surface area contributed by atoms with Crippen LogP contribution in [0.25, 0.3) is 10.2 Å². The van der Waals surface area contributed by atoms with E-state index in [0.717, 1.165) is 5.01 Å². The van der Waals surface area contributed by atoms with Gasteiger partial charge in [0, 0.05) is 24.6 Å². The number of nitrogens with one attached hydrogen (secondary N) is 1. The molecule has 0 aliphatic carbocycles. The molecule has 12 heteroatoms. The highest BCUT2D eigenvalue weighted by Crippen LogP contribution is 2.29. The molecule has 0 atom stereocenters. The molecule has 0 saturated heterocycles. The molecule has 11 nitrogen and oxygen atoms in total. The third-order valence-corrected chi connectivity index (χ3v) is 6.19. The molecule has 2 aromatic rings. The Morgan fingerprint density at radius 2 is 1.86 bits per heavy atom. The maximum atomic E-state index is 13.1. The van der Waals surface area contributed by atoms with Crippen molar-refractivity contribution in [2.75, 3.05) is 20.3 Å². The van der Waals surface area contributed by atoms with E-state index in [4.69, 9.17) is 14.2 Å². The van der Waals surface area contributed by atoms with Crippen molar-refractivity contribution in [1.29, 1.82) is 0 Å². The number of hydrazine groups is 1. The van der Waals surface area contributed by atoms with E-state index in [1.165, 1.54) is 39.9 Å². The molecule has 1 N–H and O–H groups in total. The van der Waals surface area contributed by atoms with Gasteiger partial charge in [0.25, 0.3) is 11.5 Å². The Hall–Kier alpha value is -3.12. The van der Waals surface area contributed by atoms with Gasteiger partial charge in [-0.15, -0.1) is 11.3 Å². The fraction of sp³-hybridized carbons (Fsp3) is 0.565. The van der Waals surface area contributed by atoms with E-state index in [1.807, 2.05) is 0 Å². The maximum Gasteiger partial charge on any atom is 0.426 e. The standard InChI is InChI=1S/C23H34N4O7S/c1-8-25-19(29)18-15(3)16(35-20(18)26(22(25)31)11-13-32-7)14-27(17(28)10-12-33-9-2)24-21(30)34-23(4,5)6/h10,12H,8-9,11,13-14H2,1-7H3,(H,24,30). The molecular formula is C23H34N4O7S. The van der Waals surface area contributed by atoms with Gasteiger partial charge in [-0.3, -0.25) is 18.7 Å². The van der Waals surface area contributed by atoms with E-state index in [-0.39, 0.29) is 26.2 Å². The summed E-state index contributed by atoms with van der Waals surface area (Å²) in [7, 11) is 1.53. The average Bonchev–Trinajstić information content (AvgIpc) is 3.08. The number of thiophene rings is 1. The minimum absolute atomic E-state index is 0.0518. The van der Waals surface area contributed by atoms with Gasteiger partial charge in [-0.1, -0.05) is 0 Å². The molecule has 0 bridgehead atoms. The van der Waals surface area contributed by atoms with Crippen LogP contribution < -0.4 is 16.7 Å². The summed E-state index contributed by atoms with van der Waals surface area (Å²) in [5.41, 5.74) is 1.51. The lowest BCUT2D eigenvalue weighted by molar-refractivity contribution is -0.129. The number of aromatic nitrogens is 2. The smallest absolute Gasteiger partial charge is 0.426 e. The van der Waals surface area contributed by atoms with Crippen molar-refractivity contribution in [3.63, 3.8) is 0 Å². The van der Waals surface area contributed by atoms with Crippen molar-refractivity contribution in [2.24, 2.45) is 0 Å². The summed E-state index contributed by atoms with van der Waals surface area (Å²) in [4.78, 5) is 52.4. The molecule has 2 heterocycles. The number of amides is 2. The quantitative estimate of drug-likeness (QED) is 0.313. The molecule has 0 unspecified atom stereocenters. The lowest BCUT2D eigenvalue weighted by Gasteiger charge is -2.25. The lowest BCUT2D eigenvalue weighted by Crippen LogP contribution is -2.47. The molecule has 0 saturated carbocycles. The number of hydrogen-bond acceptors (Lipinski definition) is 8. The zero-order chi connectivity index (χ0) is 26.3. The molecular weight excluding hydrogens is 476 g/mol. The Morgan fingerprint density at radius 3 is 2.43 bits per heavy atom. The van der Waals surface area contributed by atoms with Crippen LogP contribution >= 0.6 is 11.3 Å². The molecule has 0 fully saturated rings. The molecule has 0 radical (unpaired) electrons. The first-order valence-corrected chi connectivity index (χ1v) is 12.1. The van der Waals surface area contributed by atoms with E-state index < -0.39 is 28.9 Å². The number of hydrogen-bond donors (Lipinski definition) is 1. The Morgan fingerprint density at radius 1 is 1.17 bits per heavy atom. The van der Waals surface area contributed by atoms with Crippen LogP contribution in [0.3, 0.4) is 0 Å². The predicted molar refractivity (Wildman–Crippen MR) is 133 cm³/mol. The number of rotatable bonds is 9. The largest absolute Gasteiger partial charge is 0.501 e. The number of carbonyl (C=O) groups is 2. The van der Waals surface area contributed by atoms with Gasteiger partial charge in [-0.2, -0.15) is 0 Å². The first kappa shape index (κ1) is 28.1. The molecule has 2 amide bonds. The van der Waals surface area contributed by atoms with Crippen molar-refractivity contribution >= 4 is 33.6 Å². The van der Waals surface area contributed by atoms with E-state index in [9.17, 15) is 19.2 Å². The van der Waals surface area contributed by atoms with Crippen LogP contribution in [-0.2, 0) is 38.6 Å². The summed E-state index contributed by atoms with van der Waals surface area (Å²) in [5.74, 6) is -0.552. The second-order valence-electron chi connectivity index (χ2n) is 8.60. The van der Waals surface area contributed by atoms with Crippen LogP contribution in [0.4, 0.5) is 4.79 Å². The lowest BCUT2D eigenvalue weighted by atomic mass is 10.2. The molecule has 2 aromatic heterocycles. The van der Waals surface area contributed by atoms with Gasteiger partial charge in [0.2, 0.25) is 0 Å². The van der Waals surface area contributed by atoms with Crippen molar-refractivity contribution < 1.29 is 23.8 Å². The number of carbonyl (C=O) groups excluding carboxylic acids is 2. The van der Waals surface area contributed by atoms with Gasteiger partial charge in [0.15, 0.2) is 0 Å². The highest BCUT2D eigenvalue weighted by molar-refractivity contribution is 7.18. The van der Waals surface area contributed by atoms with E-state index in [2.05, 4.69) is 5.43 Å². The monoisotopic (exact) mass is 510 g/mol. The molecule has 2 rings (SSSR count). The molecule has 0 aliphatic heterocycles. The van der Waals surface area contributed by atoms with Crippen molar-refractivity contribution in [2.45, 2.75) is 66.8 Å². The van der Waals surface area contributed by atoms with Crippen molar-refractivity contribution in [1.82, 2.24) is 19.6 Å². The minimum Gasteiger partial charge on any atom is -0.501 e. The summed E-state index contributed by atoms with van der Waals surface area (Å²) in [6.07, 6.45) is 1.62. The average molecular weight is 511 g/mol. The highest BCUT2D eigenvalue weighted by Gasteiger charge is 2.24. The molecule has 0 aliphatic rings. The molecule has 0 spiro atoms. The van der Waals surface area contributed by atoms with Crippen LogP contribution in [-0.4, -0.2) is 52.1 Å². The summed E-state index contributed by atoms with van der Waals surface area (Å²) < 4.78 is 18.2. The topological polar surface area (TPSA) is 121 Å². The number of methoxy groups -OCH3 is 1. The fourth-order valence-corrected chi connectivity index (χ4v) is 4.57. The zero-order valence-electron chi connectivity index (χ0n) is 21.3. The second-order valence-corrected chi connectivity index (χ2v) is 9.69.